The first-order valence-corrected chi connectivity index (χ1v) is 28.9. The molecule has 0 aliphatic carbocycles. The van der Waals surface area contributed by atoms with E-state index in [4.69, 9.17) is 4.74 Å². The topological polar surface area (TPSA) is 95.9 Å². The number of hydrogen-bond acceptors (Lipinski definition) is 5. The van der Waals surface area contributed by atoms with Crippen molar-refractivity contribution >= 4 is 11.9 Å². The number of aliphatic hydroxyl groups is 2. The van der Waals surface area contributed by atoms with Gasteiger partial charge in [0.05, 0.1) is 25.4 Å². The number of allylic oxidation sites excluding steroid dienone is 7. The van der Waals surface area contributed by atoms with Gasteiger partial charge >= 0.3 is 5.97 Å². The predicted molar refractivity (Wildman–Crippen MR) is 287 cm³/mol. The largest absolute Gasteiger partial charge is 0.466 e. The van der Waals surface area contributed by atoms with Crippen LogP contribution < -0.4 is 5.32 Å². The van der Waals surface area contributed by atoms with Crippen LogP contribution in [0.1, 0.15) is 296 Å². The van der Waals surface area contributed by atoms with E-state index in [-0.39, 0.29) is 18.5 Å². The molecule has 0 aromatic rings. The highest BCUT2D eigenvalue weighted by molar-refractivity contribution is 5.76. The van der Waals surface area contributed by atoms with Gasteiger partial charge in [-0.2, -0.15) is 0 Å². The summed E-state index contributed by atoms with van der Waals surface area (Å²) < 4.78 is 5.48. The molecular formula is C60H111NO5. The number of carbonyl (C=O) groups excluding carboxylic acids is 2. The van der Waals surface area contributed by atoms with E-state index in [1.165, 1.54) is 212 Å². The van der Waals surface area contributed by atoms with Crippen molar-refractivity contribution in [3.63, 3.8) is 0 Å². The van der Waals surface area contributed by atoms with Gasteiger partial charge in [-0.15, -0.1) is 0 Å². The number of ether oxygens (including phenoxy) is 1. The molecule has 0 spiro atoms. The summed E-state index contributed by atoms with van der Waals surface area (Å²) in [5, 5.41) is 23.0. The third-order valence-corrected chi connectivity index (χ3v) is 13.1. The van der Waals surface area contributed by atoms with Gasteiger partial charge in [-0.1, -0.05) is 242 Å². The molecular weight excluding hydrogens is 815 g/mol. The number of amides is 1. The molecule has 2 unspecified atom stereocenters. The summed E-state index contributed by atoms with van der Waals surface area (Å²) in [5.41, 5.74) is 0. The maximum Gasteiger partial charge on any atom is 0.305 e. The molecule has 6 nitrogen and oxygen atoms in total. The molecule has 0 aromatic heterocycles. The average Bonchev–Trinajstić information content (AvgIpc) is 3.32. The van der Waals surface area contributed by atoms with Crippen LogP contribution in [0, 0.1) is 0 Å². The Morgan fingerprint density at radius 1 is 0.424 bits per heavy atom. The van der Waals surface area contributed by atoms with E-state index >= 15 is 0 Å². The van der Waals surface area contributed by atoms with E-state index in [9.17, 15) is 19.8 Å². The van der Waals surface area contributed by atoms with Crippen molar-refractivity contribution in [3.8, 4) is 0 Å². The van der Waals surface area contributed by atoms with E-state index in [2.05, 4.69) is 55.6 Å². The van der Waals surface area contributed by atoms with Crippen molar-refractivity contribution in [3.05, 3.63) is 48.6 Å². The summed E-state index contributed by atoms with van der Waals surface area (Å²) in [5.74, 6) is -0.0768. The van der Waals surface area contributed by atoms with Gasteiger partial charge in [-0.3, -0.25) is 9.59 Å². The Bertz CT molecular complexity index is 1110. The van der Waals surface area contributed by atoms with Gasteiger partial charge in [-0.25, -0.2) is 0 Å². The Morgan fingerprint density at radius 2 is 0.758 bits per heavy atom. The molecule has 0 saturated heterocycles. The molecule has 1 amide bonds. The number of carbonyl (C=O) groups is 2. The second-order valence-corrected chi connectivity index (χ2v) is 19.6. The van der Waals surface area contributed by atoms with E-state index in [1.807, 2.05) is 6.08 Å². The molecule has 0 rings (SSSR count). The Morgan fingerprint density at radius 3 is 1.20 bits per heavy atom. The normalized spacial score (nSPS) is 13.0. The van der Waals surface area contributed by atoms with Crippen molar-refractivity contribution in [1.82, 2.24) is 5.32 Å². The molecule has 0 heterocycles. The third kappa shape index (κ3) is 51.2. The van der Waals surface area contributed by atoms with E-state index in [0.29, 0.717) is 19.4 Å². The fourth-order valence-electron chi connectivity index (χ4n) is 8.60. The van der Waals surface area contributed by atoms with E-state index in [1.54, 1.807) is 6.08 Å². The molecule has 0 fully saturated rings. The first-order valence-electron chi connectivity index (χ1n) is 28.9. The van der Waals surface area contributed by atoms with Gasteiger partial charge < -0.3 is 20.3 Å². The fraction of sp³-hybridized carbons (Fsp3) is 0.833. The van der Waals surface area contributed by atoms with E-state index in [0.717, 1.165) is 57.8 Å². The maximum absolute atomic E-state index is 12.4. The van der Waals surface area contributed by atoms with Crippen LogP contribution >= 0.6 is 0 Å². The van der Waals surface area contributed by atoms with Gasteiger partial charge in [0, 0.05) is 12.8 Å². The lowest BCUT2D eigenvalue weighted by atomic mass is 10.0. The Balaban J connectivity index is 3.42. The molecule has 6 heteroatoms. The minimum absolute atomic E-state index is 0.000902. The zero-order valence-corrected chi connectivity index (χ0v) is 43.9. The average molecular weight is 927 g/mol. The van der Waals surface area contributed by atoms with Gasteiger partial charge in [0.15, 0.2) is 0 Å². The first kappa shape index (κ1) is 63.8. The van der Waals surface area contributed by atoms with Gasteiger partial charge in [0.25, 0.3) is 0 Å². The molecule has 386 valence electrons. The summed E-state index contributed by atoms with van der Waals surface area (Å²) in [7, 11) is 0. The zero-order valence-electron chi connectivity index (χ0n) is 43.9. The molecule has 0 aliphatic rings. The highest BCUT2D eigenvalue weighted by atomic mass is 16.5. The quantitative estimate of drug-likeness (QED) is 0.0321. The summed E-state index contributed by atoms with van der Waals surface area (Å²) >= 11 is 0. The first-order chi connectivity index (χ1) is 32.5. The van der Waals surface area contributed by atoms with Crippen LogP contribution in [0.5, 0.6) is 0 Å². The van der Waals surface area contributed by atoms with Crippen molar-refractivity contribution in [2.24, 2.45) is 0 Å². The summed E-state index contributed by atoms with van der Waals surface area (Å²) in [4.78, 5) is 24.5. The Kier molecular flexibility index (Phi) is 53.6. The van der Waals surface area contributed by atoms with E-state index < -0.39 is 12.1 Å². The minimum atomic E-state index is -0.847. The smallest absolute Gasteiger partial charge is 0.305 e. The lowest BCUT2D eigenvalue weighted by molar-refractivity contribution is -0.143. The van der Waals surface area contributed by atoms with Gasteiger partial charge in [-0.05, 0) is 89.9 Å². The van der Waals surface area contributed by atoms with Crippen LogP contribution in [-0.4, -0.2) is 47.4 Å². The van der Waals surface area contributed by atoms with Crippen LogP contribution in [0.3, 0.4) is 0 Å². The van der Waals surface area contributed by atoms with Crippen LogP contribution in [-0.2, 0) is 14.3 Å². The van der Waals surface area contributed by atoms with Crippen molar-refractivity contribution < 1.29 is 24.5 Å². The summed E-state index contributed by atoms with van der Waals surface area (Å²) in [6.45, 7) is 4.85. The van der Waals surface area contributed by atoms with Crippen molar-refractivity contribution in [1.29, 1.82) is 0 Å². The maximum atomic E-state index is 12.4. The van der Waals surface area contributed by atoms with Gasteiger partial charge in [0.2, 0.25) is 5.91 Å². The SMILES string of the molecule is CCCCC/C=C\C/C=C\CCCCCCCCCC(=O)OCCCCCCCCCCCCC/C=C\CCCCCCCCCC(=O)NC(CO)C(O)/C=C/CCCCCCCCCC. The number of rotatable bonds is 53. The predicted octanol–water partition coefficient (Wildman–Crippen LogP) is 17.8. The standard InChI is InChI=1S/C60H111NO5/c1-3-5-7-9-11-13-15-16-17-24-28-31-34-38-42-46-50-54-60(65)66-55-51-47-43-39-35-32-29-26-23-21-19-18-20-22-25-27-30-33-37-41-45-49-53-59(64)61-57(56-62)58(63)52-48-44-40-36-14-12-10-8-6-4-2/h11,13,16-17,20,22,48,52,57-58,62-63H,3-10,12,14-15,18-19,21,23-47,49-51,53-56H2,1-2H3,(H,61,64)/b13-11-,17-16-,22-20-,52-48+. The second-order valence-electron chi connectivity index (χ2n) is 19.6. The fourth-order valence-corrected chi connectivity index (χ4v) is 8.60. The highest BCUT2D eigenvalue weighted by Gasteiger charge is 2.18. The number of hydrogen-bond donors (Lipinski definition) is 3. The molecule has 0 bridgehead atoms. The van der Waals surface area contributed by atoms with Crippen LogP contribution in [0.25, 0.3) is 0 Å². The molecule has 3 N–H and O–H groups in total. The zero-order chi connectivity index (χ0) is 47.9. The van der Waals surface area contributed by atoms with Crippen LogP contribution in [0.15, 0.2) is 48.6 Å². The summed E-state index contributed by atoms with van der Waals surface area (Å²) in [6.07, 6.45) is 70.0. The molecule has 0 saturated carbocycles. The number of aliphatic hydroxyl groups excluding tert-OH is 2. The molecule has 2 atom stereocenters. The highest BCUT2D eigenvalue weighted by Crippen LogP contribution is 2.16. The summed E-state index contributed by atoms with van der Waals surface area (Å²) in [6, 6.07) is -0.632. The Labute approximate surface area is 410 Å². The second kappa shape index (κ2) is 55.4. The third-order valence-electron chi connectivity index (χ3n) is 13.1. The lowest BCUT2D eigenvalue weighted by Gasteiger charge is -2.20. The minimum Gasteiger partial charge on any atom is -0.466 e. The molecule has 0 aromatic carbocycles. The van der Waals surface area contributed by atoms with Crippen molar-refractivity contribution in [2.45, 2.75) is 309 Å². The molecule has 0 aliphatic heterocycles. The van der Waals surface area contributed by atoms with Crippen molar-refractivity contribution in [2.75, 3.05) is 13.2 Å². The van der Waals surface area contributed by atoms with Crippen LogP contribution in [0.2, 0.25) is 0 Å². The lowest BCUT2D eigenvalue weighted by Crippen LogP contribution is -2.45. The number of esters is 1. The van der Waals surface area contributed by atoms with Crippen LogP contribution in [0.4, 0.5) is 0 Å². The number of nitrogens with one attached hydrogen (secondary N) is 1. The number of unbranched alkanes of at least 4 members (excludes halogenated alkanes) is 36. The van der Waals surface area contributed by atoms with Gasteiger partial charge in [0.1, 0.15) is 0 Å². The Hall–Kier alpha value is -2.18. The molecule has 0 radical (unpaired) electrons. The monoisotopic (exact) mass is 926 g/mol. The molecule has 66 heavy (non-hydrogen) atoms.